The van der Waals surface area contributed by atoms with E-state index in [1.165, 1.54) is 33.7 Å². The van der Waals surface area contributed by atoms with E-state index < -0.39 is 15.5 Å². The third-order valence-corrected chi connectivity index (χ3v) is 25.7. The normalized spacial score (nSPS) is 22.4. The quantitative estimate of drug-likeness (QED) is 0.237. The molecule has 4 aromatic carbocycles. The Hall–Kier alpha value is -2.60. The summed E-state index contributed by atoms with van der Waals surface area (Å²) < 4.78 is 0. The average molecular weight is 497 g/mol. The van der Waals surface area contributed by atoms with Gasteiger partial charge in [0.25, 0.3) is 0 Å². The van der Waals surface area contributed by atoms with Crippen LogP contribution in [-0.4, -0.2) is 12.4 Å². The topological polar surface area (TPSA) is 0 Å². The van der Waals surface area contributed by atoms with Crippen LogP contribution in [0, 0.1) is 5.41 Å². The zero-order valence-electron chi connectivity index (χ0n) is 21.2. The molecule has 35 heavy (non-hydrogen) atoms. The number of allylic oxidation sites excluding steroid dienone is 1. The fraction of sp³-hybridized carbons (Fsp3) is 0.212. The third-order valence-electron chi connectivity index (χ3n) is 8.17. The van der Waals surface area contributed by atoms with Crippen molar-refractivity contribution in [1.82, 2.24) is 0 Å². The molecule has 4 aromatic rings. The van der Waals surface area contributed by atoms with E-state index in [4.69, 9.17) is 0 Å². The molecule has 1 atom stereocenters. The maximum atomic E-state index is 2.73. The van der Waals surface area contributed by atoms with Crippen LogP contribution >= 0.6 is 15.5 Å². The first kappa shape index (κ1) is 24.1. The van der Waals surface area contributed by atoms with E-state index in [2.05, 4.69) is 153 Å². The van der Waals surface area contributed by atoms with Gasteiger partial charge in [0.05, 0.1) is 0 Å². The van der Waals surface area contributed by atoms with Crippen LogP contribution in [0.2, 0.25) is 0 Å². The Morgan fingerprint density at radius 1 is 0.629 bits per heavy atom. The standard InChI is InChI=1S/C33H37PS/c1-33(2)24-26-35(27-25-33,28-29-16-8-4-9-17-29)34(3,30-18-10-5-11-19-30,31-20-12-6-13-21-31)32-22-14-7-15-23-32/h4-24,26H,25,27-28H2,1-3H3. The van der Waals surface area contributed by atoms with E-state index in [0.29, 0.717) is 0 Å². The molecule has 0 amide bonds. The van der Waals surface area contributed by atoms with Crippen LogP contribution in [0.4, 0.5) is 0 Å². The Kier molecular flexibility index (Phi) is 6.28. The molecular formula is C33H37PS. The van der Waals surface area contributed by atoms with E-state index >= 15 is 0 Å². The van der Waals surface area contributed by atoms with Crippen molar-refractivity contribution in [2.75, 3.05) is 12.4 Å². The molecule has 2 heteroatoms. The Morgan fingerprint density at radius 3 is 1.40 bits per heavy atom. The summed E-state index contributed by atoms with van der Waals surface area (Å²) >= 11 is 0. The summed E-state index contributed by atoms with van der Waals surface area (Å²) in [6.07, 6.45) is 3.78. The predicted octanol–water partition coefficient (Wildman–Crippen LogP) is 8.01. The van der Waals surface area contributed by atoms with Crippen LogP contribution in [0.3, 0.4) is 0 Å². The fourth-order valence-electron chi connectivity index (χ4n) is 5.86. The molecule has 0 aromatic heterocycles. The van der Waals surface area contributed by atoms with Gasteiger partial charge in [-0.2, -0.15) is 0 Å². The summed E-state index contributed by atoms with van der Waals surface area (Å²) in [6.45, 7) is 7.48. The van der Waals surface area contributed by atoms with Crippen molar-refractivity contribution < 1.29 is 0 Å². The van der Waals surface area contributed by atoms with E-state index in [0.717, 1.165) is 5.75 Å². The first-order valence-electron chi connectivity index (χ1n) is 12.6. The molecule has 1 unspecified atom stereocenters. The molecule has 0 N–H and O–H groups in total. The van der Waals surface area contributed by atoms with Crippen molar-refractivity contribution in [1.29, 1.82) is 0 Å². The van der Waals surface area contributed by atoms with Crippen molar-refractivity contribution in [2.24, 2.45) is 5.41 Å². The first-order chi connectivity index (χ1) is 16.9. The predicted molar refractivity (Wildman–Crippen MR) is 161 cm³/mol. The minimum absolute atomic E-state index is 0.229. The van der Waals surface area contributed by atoms with Gasteiger partial charge < -0.3 is 0 Å². The number of hydrogen-bond acceptors (Lipinski definition) is 0. The molecule has 0 nitrogen and oxygen atoms in total. The molecule has 0 saturated carbocycles. The second-order valence-electron chi connectivity index (χ2n) is 10.7. The van der Waals surface area contributed by atoms with E-state index in [1.807, 2.05) is 0 Å². The average Bonchev–Trinajstić information content (AvgIpc) is 2.92. The molecule has 0 bridgehead atoms. The summed E-state index contributed by atoms with van der Waals surface area (Å²) in [7, 11) is -1.33. The zero-order chi connectivity index (χ0) is 24.4. The molecular weight excluding hydrogens is 459 g/mol. The van der Waals surface area contributed by atoms with Crippen LogP contribution in [-0.2, 0) is 5.75 Å². The van der Waals surface area contributed by atoms with Gasteiger partial charge in [0.15, 0.2) is 0 Å². The van der Waals surface area contributed by atoms with Crippen LogP contribution < -0.4 is 15.9 Å². The van der Waals surface area contributed by atoms with Gasteiger partial charge in [-0.05, 0) is 0 Å². The van der Waals surface area contributed by atoms with Crippen molar-refractivity contribution >= 4 is 31.4 Å². The Balaban J connectivity index is 1.96. The molecule has 5 rings (SSSR count). The van der Waals surface area contributed by atoms with Crippen LogP contribution in [0.5, 0.6) is 0 Å². The van der Waals surface area contributed by atoms with Crippen LogP contribution in [0.25, 0.3) is 0 Å². The second-order valence-corrected chi connectivity index (χ2v) is 22.9. The second kappa shape index (κ2) is 9.12. The van der Waals surface area contributed by atoms with Crippen LogP contribution in [0.1, 0.15) is 25.8 Å². The molecule has 0 spiro atoms. The van der Waals surface area contributed by atoms with Crippen LogP contribution in [0.15, 0.2) is 133 Å². The summed E-state index contributed by atoms with van der Waals surface area (Å²) in [5.74, 6) is -0.619. The monoisotopic (exact) mass is 496 g/mol. The third kappa shape index (κ3) is 3.81. The van der Waals surface area contributed by atoms with Crippen molar-refractivity contribution in [3.63, 3.8) is 0 Å². The van der Waals surface area contributed by atoms with Gasteiger partial charge >= 0.3 is 214 Å². The molecule has 0 aliphatic carbocycles. The summed E-state index contributed by atoms with van der Waals surface area (Å²) in [5.41, 5.74) is 1.68. The van der Waals surface area contributed by atoms with Crippen molar-refractivity contribution in [3.8, 4) is 0 Å². The number of benzene rings is 4. The van der Waals surface area contributed by atoms with Gasteiger partial charge in [0.1, 0.15) is 0 Å². The van der Waals surface area contributed by atoms with Gasteiger partial charge in [-0.15, -0.1) is 0 Å². The molecule has 0 fully saturated rings. The molecule has 0 saturated heterocycles. The van der Waals surface area contributed by atoms with Crippen molar-refractivity contribution in [2.45, 2.75) is 26.0 Å². The summed E-state index contributed by atoms with van der Waals surface area (Å²) in [5, 5.41) is 7.25. The Morgan fingerprint density at radius 2 is 1.03 bits per heavy atom. The van der Waals surface area contributed by atoms with Gasteiger partial charge in [0, 0.05) is 0 Å². The molecule has 0 radical (unpaired) electrons. The van der Waals surface area contributed by atoms with Gasteiger partial charge in [-0.3, -0.25) is 0 Å². The number of rotatable bonds is 6. The molecule has 1 heterocycles. The number of hydrogen-bond donors (Lipinski definition) is 0. The van der Waals surface area contributed by atoms with E-state index in [9.17, 15) is 0 Å². The Labute approximate surface area is 213 Å². The van der Waals surface area contributed by atoms with E-state index in [-0.39, 0.29) is 5.41 Å². The summed E-state index contributed by atoms with van der Waals surface area (Å²) in [4.78, 5) is 0. The molecule has 1 aliphatic rings. The van der Waals surface area contributed by atoms with E-state index in [1.54, 1.807) is 0 Å². The fourth-order valence-corrected chi connectivity index (χ4v) is 23.4. The summed E-state index contributed by atoms with van der Waals surface area (Å²) in [6, 6.07) is 45.7. The maximum absolute atomic E-state index is 2.96. The van der Waals surface area contributed by atoms with Gasteiger partial charge in [-0.1, -0.05) is 0 Å². The molecule has 1 aliphatic heterocycles. The minimum atomic E-state index is -2.96. The zero-order valence-corrected chi connectivity index (χ0v) is 22.9. The molecule has 180 valence electrons. The Bertz CT molecular complexity index is 1200. The van der Waals surface area contributed by atoms with Crippen molar-refractivity contribution in [3.05, 3.63) is 138 Å². The van der Waals surface area contributed by atoms with Gasteiger partial charge in [0.2, 0.25) is 0 Å². The van der Waals surface area contributed by atoms with Gasteiger partial charge in [-0.25, -0.2) is 0 Å². The first-order valence-corrected chi connectivity index (χ1v) is 17.9. The SMILES string of the molecule is CC1(C)C=CS(Cc2ccccc2)(P(C)(c2ccccc2)(c2ccccc2)c2ccccc2)CC1.